The molecule has 1 amide bonds. The Hall–Kier alpha value is -2.57. The van der Waals surface area contributed by atoms with Crippen LogP contribution in [-0.2, 0) is 19.1 Å². The van der Waals surface area contributed by atoms with E-state index < -0.39 is 23.9 Å². The quantitative estimate of drug-likeness (QED) is 0.601. The van der Waals surface area contributed by atoms with Crippen molar-refractivity contribution in [2.45, 2.75) is 19.4 Å². The average molecular weight is 294 g/mol. The normalized spacial score (nSPS) is 11.4. The predicted molar refractivity (Wildman–Crippen MR) is 75.5 cm³/mol. The van der Waals surface area contributed by atoms with Crippen LogP contribution in [0.5, 0.6) is 0 Å². The maximum Gasteiger partial charge on any atom is 0.328 e. The molecule has 0 aliphatic heterocycles. The molecule has 0 fully saturated rings. The van der Waals surface area contributed by atoms with Gasteiger partial charge in [0.25, 0.3) is 5.91 Å². The molecule has 114 valence electrons. The number of carbonyl (C=O) groups is 3. The zero-order chi connectivity index (χ0) is 16.0. The van der Waals surface area contributed by atoms with E-state index in [0.29, 0.717) is 16.8 Å². The van der Waals surface area contributed by atoms with Gasteiger partial charge in [0.1, 0.15) is 6.04 Å². The Bertz CT molecular complexity index is 556. The van der Waals surface area contributed by atoms with Crippen LogP contribution in [0.15, 0.2) is 18.2 Å². The molecule has 0 aromatic heterocycles. The SMILES string of the molecule is COC(=O)CC(NC(=O)c1cc(N)ccc1C)C(=O)OC. The lowest BCUT2D eigenvalue weighted by atomic mass is 10.1. The van der Waals surface area contributed by atoms with Gasteiger partial charge in [-0.2, -0.15) is 0 Å². The van der Waals surface area contributed by atoms with Crippen LogP contribution in [0.4, 0.5) is 5.69 Å². The van der Waals surface area contributed by atoms with Gasteiger partial charge < -0.3 is 20.5 Å². The molecule has 0 aliphatic carbocycles. The topological polar surface area (TPSA) is 108 Å². The number of methoxy groups -OCH3 is 2. The second-order valence-corrected chi connectivity index (χ2v) is 4.40. The van der Waals surface area contributed by atoms with Gasteiger partial charge in [0.2, 0.25) is 0 Å². The molecule has 0 radical (unpaired) electrons. The smallest absolute Gasteiger partial charge is 0.328 e. The third-order valence-corrected chi connectivity index (χ3v) is 2.90. The van der Waals surface area contributed by atoms with Crippen LogP contribution in [0.2, 0.25) is 0 Å². The van der Waals surface area contributed by atoms with Crippen LogP contribution >= 0.6 is 0 Å². The lowest BCUT2D eigenvalue weighted by molar-refractivity contribution is -0.149. The summed E-state index contributed by atoms with van der Waals surface area (Å²) in [4.78, 5) is 35.1. The molecule has 7 heteroatoms. The molecule has 0 bridgehead atoms. The number of rotatable bonds is 5. The summed E-state index contributed by atoms with van der Waals surface area (Å²) >= 11 is 0. The monoisotopic (exact) mass is 294 g/mol. The van der Waals surface area contributed by atoms with Crippen molar-refractivity contribution in [3.8, 4) is 0 Å². The molecule has 1 aromatic carbocycles. The van der Waals surface area contributed by atoms with Gasteiger partial charge in [-0.15, -0.1) is 0 Å². The molecule has 21 heavy (non-hydrogen) atoms. The van der Waals surface area contributed by atoms with Crippen LogP contribution in [0.1, 0.15) is 22.3 Å². The van der Waals surface area contributed by atoms with Gasteiger partial charge >= 0.3 is 11.9 Å². The van der Waals surface area contributed by atoms with Gasteiger partial charge in [-0.05, 0) is 24.6 Å². The Morgan fingerprint density at radius 1 is 1.24 bits per heavy atom. The van der Waals surface area contributed by atoms with Crippen molar-refractivity contribution in [1.29, 1.82) is 0 Å². The van der Waals surface area contributed by atoms with E-state index in [1.54, 1.807) is 19.1 Å². The molecule has 3 N–H and O–H groups in total. The number of hydrogen-bond acceptors (Lipinski definition) is 6. The van der Waals surface area contributed by atoms with E-state index >= 15 is 0 Å². The van der Waals surface area contributed by atoms with Crippen LogP contribution in [0, 0.1) is 6.92 Å². The second kappa shape index (κ2) is 7.28. The summed E-state index contributed by atoms with van der Waals surface area (Å²) in [6.45, 7) is 1.74. The number of aryl methyl sites for hydroxylation is 1. The molecular weight excluding hydrogens is 276 g/mol. The molecular formula is C14H18N2O5. The van der Waals surface area contributed by atoms with Crippen molar-refractivity contribution in [2.75, 3.05) is 20.0 Å². The molecule has 0 saturated heterocycles. The fourth-order valence-corrected chi connectivity index (χ4v) is 1.71. The Kier molecular flexibility index (Phi) is 5.71. The molecule has 1 aromatic rings. The predicted octanol–water partition coefficient (Wildman–Crippen LogP) is 0.412. The van der Waals surface area contributed by atoms with Crippen LogP contribution in [0.25, 0.3) is 0 Å². The fourth-order valence-electron chi connectivity index (χ4n) is 1.71. The van der Waals surface area contributed by atoms with E-state index in [4.69, 9.17) is 5.73 Å². The summed E-state index contributed by atoms with van der Waals surface area (Å²) in [6.07, 6.45) is -0.309. The summed E-state index contributed by atoms with van der Waals surface area (Å²) in [5.74, 6) is -1.87. The molecule has 1 rings (SSSR count). The highest BCUT2D eigenvalue weighted by molar-refractivity contribution is 5.99. The van der Waals surface area contributed by atoms with E-state index in [0.717, 1.165) is 0 Å². The van der Waals surface area contributed by atoms with Crippen LogP contribution in [0.3, 0.4) is 0 Å². The highest BCUT2D eigenvalue weighted by Gasteiger charge is 2.26. The number of carbonyl (C=O) groups excluding carboxylic acids is 3. The molecule has 0 saturated carbocycles. The highest BCUT2D eigenvalue weighted by atomic mass is 16.5. The minimum atomic E-state index is -1.12. The van der Waals surface area contributed by atoms with Crippen LogP contribution < -0.4 is 11.1 Å². The number of nitrogens with two attached hydrogens (primary N) is 1. The zero-order valence-electron chi connectivity index (χ0n) is 12.1. The molecule has 1 unspecified atom stereocenters. The van der Waals surface area contributed by atoms with Gasteiger partial charge in [0.15, 0.2) is 0 Å². The summed E-state index contributed by atoms with van der Waals surface area (Å²) in [6, 6.07) is 3.74. The Morgan fingerprint density at radius 3 is 2.48 bits per heavy atom. The maximum absolute atomic E-state index is 12.2. The van der Waals surface area contributed by atoms with Crippen molar-refractivity contribution >= 4 is 23.5 Å². The number of anilines is 1. The van der Waals surface area contributed by atoms with Crippen molar-refractivity contribution in [2.24, 2.45) is 0 Å². The van der Waals surface area contributed by atoms with Crippen molar-refractivity contribution < 1.29 is 23.9 Å². The number of amides is 1. The van der Waals surface area contributed by atoms with E-state index in [2.05, 4.69) is 14.8 Å². The van der Waals surface area contributed by atoms with E-state index in [1.165, 1.54) is 20.3 Å². The Balaban J connectivity index is 2.92. The largest absolute Gasteiger partial charge is 0.469 e. The zero-order valence-corrected chi connectivity index (χ0v) is 12.1. The number of esters is 2. The first-order valence-electron chi connectivity index (χ1n) is 6.20. The van der Waals surface area contributed by atoms with Gasteiger partial charge in [0, 0.05) is 11.3 Å². The van der Waals surface area contributed by atoms with Gasteiger partial charge in [0.05, 0.1) is 20.6 Å². The van der Waals surface area contributed by atoms with Crippen molar-refractivity contribution in [3.05, 3.63) is 29.3 Å². The number of ether oxygens (including phenoxy) is 2. The van der Waals surface area contributed by atoms with E-state index in [-0.39, 0.29) is 6.42 Å². The second-order valence-electron chi connectivity index (χ2n) is 4.40. The highest BCUT2D eigenvalue weighted by Crippen LogP contribution is 2.13. The summed E-state index contributed by atoms with van der Waals surface area (Å²) < 4.78 is 9.05. The number of nitrogens with one attached hydrogen (secondary N) is 1. The van der Waals surface area contributed by atoms with Crippen molar-refractivity contribution in [1.82, 2.24) is 5.32 Å². The standard InChI is InChI=1S/C14H18N2O5/c1-8-4-5-9(15)6-10(8)13(18)16-11(14(19)21-3)7-12(17)20-2/h4-6,11H,7,15H2,1-3H3,(H,16,18). The maximum atomic E-state index is 12.2. The Labute approximate surface area is 122 Å². The fraction of sp³-hybridized carbons (Fsp3) is 0.357. The van der Waals surface area contributed by atoms with Crippen molar-refractivity contribution in [3.63, 3.8) is 0 Å². The molecule has 0 spiro atoms. The van der Waals surface area contributed by atoms with Crippen LogP contribution in [-0.4, -0.2) is 38.1 Å². The lowest BCUT2D eigenvalue weighted by Crippen LogP contribution is -2.43. The van der Waals surface area contributed by atoms with Gasteiger partial charge in [-0.1, -0.05) is 6.07 Å². The first-order chi connectivity index (χ1) is 9.88. The summed E-state index contributed by atoms with van der Waals surface area (Å²) in [7, 11) is 2.37. The van der Waals surface area contributed by atoms with Gasteiger partial charge in [-0.3, -0.25) is 9.59 Å². The first kappa shape index (κ1) is 16.5. The number of hydrogen-bond donors (Lipinski definition) is 2. The molecule has 0 aliphatic rings. The first-order valence-corrected chi connectivity index (χ1v) is 6.20. The third kappa shape index (κ3) is 4.48. The minimum Gasteiger partial charge on any atom is -0.469 e. The third-order valence-electron chi connectivity index (χ3n) is 2.90. The molecule has 7 nitrogen and oxygen atoms in total. The van der Waals surface area contributed by atoms with E-state index in [1.807, 2.05) is 0 Å². The Morgan fingerprint density at radius 2 is 1.90 bits per heavy atom. The average Bonchev–Trinajstić information content (AvgIpc) is 2.47. The molecule has 0 heterocycles. The lowest BCUT2D eigenvalue weighted by Gasteiger charge is -2.16. The minimum absolute atomic E-state index is 0.309. The molecule has 1 atom stereocenters. The number of benzene rings is 1. The summed E-state index contributed by atoms with van der Waals surface area (Å²) in [5, 5.41) is 2.45. The van der Waals surface area contributed by atoms with Gasteiger partial charge in [-0.25, -0.2) is 4.79 Å². The number of nitrogen functional groups attached to an aromatic ring is 1. The van der Waals surface area contributed by atoms with E-state index in [9.17, 15) is 14.4 Å². The summed E-state index contributed by atoms with van der Waals surface area (Å²) in [5.41, 5.74) is 7.09.